The lowest BCUT2D eigenvalue weighted by molar-refractivity contribution is 0.403. The van der Waals surface area contributed by atoms with Crippen LogP contribution in [0.1, 0.15) is 38.4 Å². The minimum atomic E-state index is 0.131. The van der Waals surface area contributed by atoms with Crippen molar-refractivity contribution in [3.8, 4) is 0 Å². The fraction of sp³-hybridized carbons (Fsp3) is 0.714. The molecule has 0 unspecified atom stereocenters. The van der Waals surface area contributed by atoms with E-state index in [2.05, 4.69) is 28.5 Å². The predicted molar refractivity (Wildman–Crippen MR) is 42.6 cm³/mol. The molecule has 0 fully saturated rings. The van der Waals surface area contributed by atoms with Crippen LogP contribution < -0.4 is 0 Å². The van der Waals surface area contributed by atoms with E-state index in [4.69, 9.17) is 11.6 Å². The van der Waals surface area contributed by atoms with Crippen LogP contribution in [0.5, 0.6) is 0 Å². The van der Waals surface area contributed by atoms with Crippen LogP contribution in [0, 0.1) is 0 Å². The number of hydrogen-bond acceptors (Lipinski definition) is 3. The van der Waals surface area contributed by atoms with Gasteiger partial charge in [-0.25, -0.2) is 0 Å². The number of rotatable bonds is 3. The van der Waals surface area contributed by atoms with Gasteiger partial charge in [-0.05, 0) is 24.4 Å². The summed E-state index contributed by atoms with van der Waals surface area (Å²) in [5.74, 6) is 1.10. The first-order valence-electron chi connectivity index (χ1n) is 3.77. The molecule has 1 rings (SSSR count). The van der Waals surface area contributed by atoms with Crippen LogP contribution in [0.15, 0.2) is 4.52 Å². The van der Waals surface area contributed by atoms with Crippen molar-refractivity contribution in [1.29, 1.82) is 0 Å². The summed E-state index contributed by atoms with van der Waals surface area (Å²) >= 11 is 5.48. The van der Waals surface area contributed by atoms with Gasteiger partial charge in [-0.15, -0.1) is 0 Å². The highest BCUT2D eigenvalue weighted by Crippen LogP contribution is 2.20. The van der Waals surface area contributed by atoms with Gasteiger partial charge >= 0.3 is 5.35 Å². The zero-order valence-corrected chi connectivity index (χ0v) is 7.43. The molecule has 0 spiro atoms. The third kappa shape index (κ3) is 1.93. The molecule has 0 aliphatic carbocycles. The van der Waals surface area contributed by atoms with Crippen molar-refractivity contribution in [2.24, 2.45) is 0 Å². The van der Waals surface area contributed by atoms with E-state index in [0.29, 0.717) is 5.92 Å². The quantitative estimate of drug-likeness (QED) is 0.707. The first-order chi connectivity index (χ1) is 5.27. The lowest BCUT2D eigenvalue weighted by Gasteiger charge is -2.04. The molecule has 0 aliphatic rings. The van der Waals surface area contributed by atoms with Gasteiger partial charge in [-0.1, -0.05) is 19.0 Å². The normalized spacial score (nSPS) is 10.9. The lowest BCUT2D eigenvalue weighted by atomic mass is 10.0. The zero-order valence-electron chi connectivity index (χ0n) is 6.67. The summed E-state index contributed by atoms with van der Waals surface area (Å²) in [6.45, 7) is 4.19. The summed E-state index contributed by atoms with van der Waals surface area (Å²) in [5, 5.41) is 3.87. The van der Waals surface area contributed by atoms with Crippen LogP contribution in [0.25, 0.3) is 0 Å². The highest BCUT2D eigenvalue weighted by molar-refractivity contribution is 6.27. The third-order valence-electron chi connectivity index (χ3n) is 1.77. The number of halogens is 1. The second-order valence-electron chi connectivity index (χ2n) is 2.42. The minimum Gasteiger partial charge on any atom is -0.321 e. The average molecular weight is 175 g/mol. The molecular formula is C7H11ClN2O. The van der Waals surface area contributed by atoms with Gasteiger partial charge in [0.1, 0.15) is 0 Å². The van der Waals surface area contributed by atoms with E-state index in [1.54, 1.807) is 0 Å². The van der Waals surface area contributed by atoms with Crippen LogP contribution in [0.3, 0.4) is 0 Å². The van der Waals surface area contributed by atoms with Crippen molar-refractivity contribution in [2.45, 2.75) is 32.6 Å². The predicted octanol–water partition coefficient (Wildman–Crippen LogP) is 2.63. The van der Waals surface area contributed by atoms with E-state index in [1.165, 1.54) is 0 Å². The van der Waals surface area contributed by atoms with Crippen molar-refractivity contribution in [1.82, 2.24) is 10.1 Å². The molecule has 0 aromatic carbocycles. The Morgan fingerprint density at radius 2 is 2.09 bits per heavy atom. The smallest absolute Gasteiger partial charge is 0.320 e. The van der Waals surface area contributed by atoms with E-state index < -0.39 is 0 Å². The standard InChI is InChI=1S/C7H11ClN2O/c1-3-5(4-2)6-9-7(8)11-10-6/h5H,3-4H2,1-2H3. The van der Waals surface area contributed by atoms with E-state index in [0.717, 1.165) is 18.7 Å². The monoisotopic (exact) mass is 174 g/mol. The largest absolute Gasteiger partial charge is 0.321 e. The van der Waals surface area contributed by atoms with Gasteiger partial charge in [0.05, 0.1) is 0 Å². The Balaban J connectivity index is 2.73. The topological polar surface area (TPSA) is 38.9 Å². The fourth-order valence-corrected chi connectivity index (χ4v) is 1.16. The summed E-state index contributed by atoms with van der Waals surface area (Å²) in [6, 6.07) is 0. The molecule has 11 heavy (non-hydrogen) atoms. The Labute approximate surface area is 70.7 Å². The molecule has 1 heterocycles. The van der Waals surface area contributed by atoms with Gasteiger partial charge in [0.25, 0.3) is 0 Å². The molecule has 0 aliphatic heterocycles. The van der Waals surface area contributed by atoms with Crippen molar-refractivity contribution >= 4 is 11.6 Å². The van der Waals surface area contributed by atoms with E-state index in [-0.39, 0.29) is 5.35 Å². The molecule has 4 heteroatoms. The minimum absolute atomic E-state index is 0.131. The molecule has 0 atom stereocenters. The van der Waals surface area contributed by atoms with Crippen LogP contribution >= 0.6 is 11.6 Å². The molecule has 0 amide bonds. The summed E-state index contributed by atoms with van der Waals surface area (Å²) in [6.07, 6.45) is 2.04. The molecule has 3 nitrogen and oxygen atoms in total. The third-order valence-corrected chi connectivity index (χ3v) is 1.92. The Morgan fingerprint density at radius 1 is 1.45 bits per heavy atom. The summed E-state index contributed by atoms with van der Waals surface area (Å²) in [5.41, 5.74) is 0. The summed E-state index contributed by atoms with van der Waals surface area (Å²) < 4.78 is 4.65. The second kappa shape index (κ2) is 3.72. The molecule has 0 saturated carbocycles. The van der Waals surface area contributed by atoms with E-state index in [1.807, 2.05) is 0 Å². The molecular weight excluding hydrogens is 164 g/mol. The van der Waals surface area contributed by atoms with Crippen LogP contribution in [-0.2, 0) is 0 Å². The Hall–Kier alpha value is -0.570. The number of aromatic nitrogens is 2. The van der Waals surface area contributed by atoms with Crippen molar-refractivity contribution in [3.63, 3.8) is 0 Å². The highest BCUT2D eigenvalue weighted by Gasteiger charge is 2.13. The molecule has 1 aromatic heterocycles. The van der Waals surface area contributed by atoms with Crippen molar-refractivity contribution < 1.29 is 4.52 Å². The van der Waals surface area contributed by atoms with Crippen molar-refractivity contribution in [3.05, 3.63) is 11.2 Å². The molecule has 1 aromatic rings. The molecule has 0 radical (unpaired) electrons. The second-order valence-corrected chi connectivity index (χ2v) is 2.74. The number of nitrogens with zero attached hydrogens (tertiary/aromatic N) is 2. The maximum atomic E-state index is 5.48. The summed E-state index contributed by atoms with van der Waals surface area (Å²) in [7, 11) is 0. The maximum absolute atomic E-state index is 5.48. The SMILES string of the molecule is CCC(CC)c1noc(Cl)n1. The Kier molecular flexibility index (Phi) is 2.88. The Bertz CT molecular complexity index is 220. The highest BCUT2D eigenvalue weighted by atomic mass is 35.5. The van der Waals surface area contributed by atoms with Gasteiger partial charge < -0.3 is 4.52 Å². The maximum Gasteiger partial charge on any atom is 0.320 e. The van der Waals surface area contributed by atoms with Crippen LogP contribution in [0.4, 0.5) is 0 Å². The van der Waals surface area contributed by atoms with Gasteiger partial charge in [-0.2, -0.15) is 4.98 Å². The fourth-order valence-electron chi connectivity index (χ4n) is 1.03. The average Bonchev–Trinajstić information content (AvgIpc) is 2.39. The first-order valence-corrected chi connectivity index (χ1v) is 4.14. The Morgan fingerprint density at radius 3 is 2.45 bits per heavy atom. The lowest BCUT2D eigenvalue weighted by Crippen LogP contribution is -1.97. The molecule has 62 valence electrons. The number of hydrogen-bond donors (Lipinski definition) is 0. The van der Waals surface area contributed by atoms with Crippen molar-refractivity contribution in [2.75, 3.05) is 0 Å². The van der Waals surface area contributed by atoms with Crippen LogP contribution in [-0.4, -0.2) is 10.1 Å². The van der Waals surface area contributed by atoms with Gasteiger partial charge in [0.15, 0.2) is 5.82 Å². The first kappa shape index (κ1) is 8.53. The van der Waals surface area contributed by atoms with Crippen LogP contribution in [0.2, 0.25) is 5.35 Å². The summed E-state index contributed by atoms with van der Waals surface area (Å²) in [4.78, 5) is 3.94. The van der Waals surface area contributed by atoms with Gasteiger partial charge in [-0.3, -0.25) is 0 Å². The molecule has 0 N–H and O–H groups in total. The van der Waals surface area contributed by atoms with E-state index >= 15 is 0 Å². The van der Waals surface area contributed by atoms with Gasteiger partial charge in [0.2, 0.25) is 0 Å². The molecule has 0 bridgehead atoms. The van der Waals surface area contributed by atoms with Gasteiger partial charge in [0, 0.05) is 5.92 Å². The molecule has 0 saturated heterocycles. The zero-order chi connectivity index (χ0) is 8.27. The van der Waals surface area contributed by atoms with E-state index in [9.17, 15) is 0 Å².